The first-order valence-electron chi connectivity index (χ1n) is 10.5. The van der Waals surface area contributed by atoms with Crippen molar-refractivity contribution in [3.8, 4) is 5.75 Å². The van der Waals surface area contributed by atoms with E-state index in [1.807, 2.05) is 13.8 Å². The number of hydrogen-bond donors (Lipinski definition) is 2. The number of nitroso groups, excluding NO2 is 1. The van der Waals surface area contributed by atoms with Crippen LogP contribution in [0.3, 0.4) is 0 Å². The Labute approximate surface area is 190 Å². The van der Waals surface area contributed by atoms with Gasteiger partial charge in [-0.2, -0.15) is 8.78 Å². The van der Waals surface area contributed by atoms with Gasteiger partial charge in [0.15, 0.2) is 9.84 Å². The number of rotatable bonds is 7. The van der Waals surface area contributed by atoms with Gasteiger partial charge in [-0.05, 0) is 51.0 Å². The molecule has 2 aliphatic rings. The van der Waals surface area contributed by atoms with E-state index in [4.69, 9.17) is 5.73 Å². The van der Waals surface area contributed by atoms with Crippen molar-refractivity contribution in [1.29, 1.82) is 0 Å². The highest BCUT2D eigenvalue weighted by Gasteiger charge is 2.50. The quantitative estimate of drug-likeness (QED) is 0.450. The molecule has 0 aromatic heterocycles. The standard InChI is InChI=1S/C21H28F3N4O4S/c1-12(2)26-18-8-13(28(29)27-21(3)10-33(30,31)11-21)4-6-15(18)19(25)16-9-14(32-20(23)24)5-7-17(16)22/h5,7,9,12-13,20H,4,6,8,10-11,25H2,1-3H3,(H,27,29)/q+1/b19-15-,26-18?/t13-/m1/s1. The second-order valence-electron chi connectivity index (χ2n) is 9.01. The Hall–Kier alpha value is -2.63. The minimum absolute atomic E-state index is 0.0486. The molecule has 8 nitrogen and oxygen atoms in total. The van der Waals surface area contributed by atoms with Crippen molar-refractivity contribution in [2.75, 3.05) is 11.5 Å². The molecule has 1 aromatic rings. The summed E-state index contributed by atoms with van der Waals surface area (Å²) in [5.74, 6) is -1.15. The van der Waals surface area contributed by atoms with Crippen LogP contribution in [0.25, 0.3) is 5.70 Å². The van der Waals surface area contributed by atoms with Crippen LogP contribution in [0.2, 0.25) is 0 Å². The molecule has 1 saturated heterocycles. The van der Waals surface area contributed by atoms with Crippen molar-refractivity contribution in [2.24, 2.45) is 10.7 Å². The summed E-state index contributed by atoms with van der Waals surface area (Å²) < 4.78 is 67.0. The molecule has 0 radical (unpaired) electrons. The van der Waals surface area contributed by atoms with Crippen molar-refractivity contribution < 1.29 is 31.2 Å². The van der Waals surface area contributed by atoms with Gasteiger partial charge >= 0.3 is 6.61 Å². The van der Waals surface area contributed by atoms with E-state index in [2.05, 4.69) is 15.2 Å². The van der Waals surface area contributed by atoms with E-state index in [0.717, 1.165) is 18.2 Å². The summed E-state index contributed by atoms with van der Waals surface area (Å²) in [6.45, 7) is 2.30. The maximum atomic E-state index is 14.5. The largest absolute Gasteiger partial charge is 0.435 e. The van der Waals surface area contributed by atoms with Crippen LogP contribution in [0.15, 0.2) is 28.8 Å². The van der Waals surface area contributed by atoms with Crippen LogP contribution in [0.4, 0.5) is 13.2 Å². The molecule has 33 heavy (non-hydrogen) atoms. The number of halogens is 3. The normalized spacial score (nSPS) is 24.5. The van der Waals surface area contributed by atoms with E-state index in [1.54, 1.807) is 6.92 Å². The minimum atomic E-state index is -3.13. The van der Waals surface area contributed by atoms with Crippen molar-refractivity contribution in [3.05, 3.63) is 40.1 Å². The SMILES string of the molecule is CC(C)N=C1C[C@H]([N+](=O)NC2(C)CS(=O)(=O)C2)CC/C1=C(/N)c1cc(OC(F)F)ccc1F. The molecule has 2 fully saturated rings. The van der Waals surface area contributed by atoms with E-state index in [1.165, 1.54) is 0 Å². The second-order valence-corrected chi connectivity index (χ2v) is 11.1. The van der Waals surface area contributed by atoms with E-state index in [0.29, 0.717) is 29.0 Å². The van der Waals surface area contributed by atoms with Crippen molar-refractivity contribution in [2.45, 2.75) is 64.3 Å². The maximum Gasteiger partial charge on any atom is 0.387 e. The zero-order valence-electron chi connectivity index (χ0n) is 18.6. The monoisotopic (exact) mass is 489 g/mol. The van der Waals surface area contributed by atoms with Crippen LogP contribution in [0.1, 0.15) is 45.6 Å². The molecule has 1 saturated carbocycles. The van der Waals surface area contributed by atoms with Gasteiger partial charge in [0.1, 0.15) is 22.0 Å². The topological polar surface area (TPSA) is 114 Å². The van der Waals surface area contributed by atoms with E-state index >= 15 is 0 Å². The Morgan fingerprint density at radius 1 is 1.33 bits per heavy atom. The number of alkyl halides is 2. The number of nitrogens with zero attached hydrogens (tertiary/aromatic N) is 2. The van der Waals surface area contributed by atoms with Crippen LogP contribution < -0.4 is 15.9 Å². The molecule has 1 heterocycles. The van der Waals surface area contributed by atoms with Gasteiger partial charge in [-0.1, -0.05) is 0 Å². The summed E-state index contributed by atoms with van der Waals surface area (Å²) in [6, 6.07) is 2.54. The third kappa shape index (κ3) is 6.04. The molecule has 1 aliphatic heterocycles. The number of allylic oxidation sites excluding steroid dienone is 1. The van der Waals surface area contributed by atoms with Gasteiger partial charge in [-0.25, -0.2) is 12.8 Å². The first kappa shape index (κ1) is 25.0. The number of hydrogen-bond acceptors (Lipinski definition) is 6. The zero-order valence-corrected chi connectivity index (χ0v) is 19.5. The van der Waals surface area contributed by atoms with Gasteiger partial charge in [0.2, 0.25) is 6.04 Å². The van der Waals surface area contributed by atoms with Gasteiger partial charge in [0.25, 0.3) is 0 Å². The second kappa shape index (κ2) is 9.32. The van der Waals surface area contributed by atoms with E-state index in [-0.39, 0.29) is 41.0 Å². The number of sulfone groups is 1. The van der Waals surface area contributed by atoms with Crippen LogP contribution in [0, 0.1) is 10.7 Å². The Morgan fingerprint density at radius 3 is 2.58 bits per heavy atom. The molecular formula is C21H28F3N4O4S+. The minimum Gasteiger partial charge on any atom is -0.435 e. The predicted molar refractivity (Wildman–Crippen MR) is 118 cm³/mol. The van der Waals surface area contributed by atoms with Crippen LogP contribution in [0.5, 0.6) is 5.75 Å². The predicted octanol–water partition coefficient (Wildman–Crippen LogP) is 2.97. The first-order chi connectivity index (χ1) is 15.3. The Morgan fingerprint density at radius 2 is 2.00 bits per heavy atom. The molecule has 1 aromatic carbocycles. The maximum absolute atomic E-state index is 14.5. The van der Waals surface area contributed by atoms with Crippen LogP contribution in [-0.2, 0) is 9.84 Å². The summed E-state index contributed by atoms with van der Waals surface area (Å²) in [5, 5.41) is 0. The summed E-state index contributed by atoms with van der Waals surface area (Å²) in [6.07, 6.45) is 0.876. The third-order valence-electron chi connectivity index (χ3n) is 5.49. The molecule has 1 atom stereocenters. The lowest BCUT2D eigenvalue weighted by Crippen LogP contribution is -2.65. The smallest absolute Gasteiger partial charge is 0.387 e. The Kier molecular flexibility index (Phi) is 7.06. The highest BCUT2D eigenvalue weighted by Crippen LogP contribution is 2.32. The van der Waals surface area contributed by atoms with E-state index < -0.39 is 33.8 Å². The zero-order chi connectivity index (χ0) is 24.6. The lowest BCUT2D eigenvalue weighted by Gasteiger charge is -2.35. The molecule has 3 rings (SSSR count). The Balaban J connectivity index is 1.86. The van der Waals surface area contributed by atoms with Crippen molar-refractivity contribution in [1.82, 2.24) is 5.43 Å². The average molecular weight is 490 g/mol. The fraction of sp³-hybridized carbons (Fsp3) is 0.571. The molecule has 182 valence electrons. The molecule has 0 amide bonds. The molecule has 0 unspecified atom stereocenters. The first-order valence-corrected chi connectivity index (χ1v) is 12.4. The third-order valence-corrected chi connectivity index (χ3v) is 7.64. The summed E-state index contributed by atoms with van der Waals surface area (Å²) in [5.41, 5.74) is 9.22. The molecule has 12 heteroatoms. The fourth-order valence-electron chi connectivity index (χ4n) is 4.24. The summed E-state index contributed by atoms with van der Waals surface area (Å²) >= 11 is 0. The number of benzene rings is 1. The van der Waals surface area contributed by atoms with Crippen molar-refractivity contribution >= 4 is 21.2 Å². The molecule has 3 N–H and O–H groups in total. The number of aliphatic imine (C=N–C) groups is 1. The highest BCUT2D eigenvalue weighted by molar-refractivity contribution is 7.93. The number of hydrazine groups is 1. The number of nitrogens with one attached hydrogen (secondary N) is 1. The van der Waals surface area contributed by atoms with Crippen LogP contribution >= 0.6 is 0 Å². The van der Waals surface area contributed by atoms with Gasteiger partial charge < -0.3 is 10.5 Å². The molecule has 1 aliphatic carbocycles. The summed E-state index contributed by atoms with van der Waals surface area (Å²) in [4.78, 5) is 18.0. The van der Waals surface area contributed by atoms with E-state index in [9.17, 15) is 26.5 Å². The lowest BCUT2D eigenvalue weighted by atomic mass is 9.86. The fourth-order valence-corrected chi connectivity index (χ4v) is 6.22. The molecule has 0 spiro atoms. The van der Waals surface area contributed by atoms with Gasteiger partial charge in [0, 0.05) is 29.4 Å². The average Bonchev–Trinajstić information content (AvgIpc) is 2.66. The molecule has 0 bridgehead atoms. The molecular weight excluding hydrogens is 461 g/mol. The highest BCUT2D eigenvalue weighted by atomic mass is 32.2. The number of ether oxygens (including phenoxy) is 1. The van der Waals surface area contributed by atoms with Gasteiger partial charge in [-0.15, -0.1) is 5.43 Å². The van der Waals surface area contributed by atoms with Crippen LogP contribution in [-0.4, -0.2) is 54.7 Å². The van der Waals surface area contributed by atoms with Gasteiger partial charge in [-0.3, -0.25) is 4.99 Å². The summed E-state index contributed by atoms with van der Waals surface area (Å²) in [7, 11) is -3.13. The number of nitrogens with two attached hydrogens (primary N) is 1. The van der Waals surface area contributed by atoms with Gasteiger partial charge in [0.05, 0.1) is 22.8 Å². The Bertz CT molecular complexity index is 1090. The van der Waals surface area contributed by atoms with Crippen molar-refractivity contribution in [3.63, 3.8) is 0 Å². The lowest BCUT2D eigenvalue weighted by molar-refractivity contribution is -0.650.